The van der Waals surface area contributed by atoms with E-state index < -0.39 is 23.5 Å². The van der Waals surface area contributed by atoms with Gasteiger partial charge in [0.1, 0.15) is 5.60 Å². The van der Waals surface area contributed by atoms with E-state index in [4.69, 9.17) is 4.84 Å². The van der Waals surface area contributed by atoms with Crippen molar-refractivity contribution >= 4 is 23.4 Å². The number of carbonyl (C=O) groups is 3. The van der Waals surface area contributed by atoms with Crippen molar-refractivity contribution in [2.45, 2.75) is 83.8 Å². The Morgan fingerprint density at radius 2 is 1.77 bits per heavy atom. The van der Waals surface area contributed by atoms with E-state index in [1.807, 2.05) is 0 Å². The number of amides is 1. The van der Waals surface area contributed by atoms with E-state index >= 15 is 0 Å². The van der Waals surface area contributed by atoms with E-state index in [0.717, 1.165) is 50.7 Å². The lowest BCUT2D eigenvalue weighted by molar-refractivity contribution is -0.159. The van der Waals surface area contributed by atoms with Crippen molar-refractivity contribution in [1.29, 1.82) is 0 Å². The van der Waals surface area contributed by atoms with Crippen LogP contribution in [0.2, 0.25) is 0 Å². The van der Waals surface area contributed by atoms with Gasteiger partial charge >= 0.3 is 5.97 Å². The molecule has 0 bridgehead atoms. The number of hydrogen-bond acceptors (Lipinski definition) is 6. The molecule has 0 aromatic heterocycles. The molecule has 0 heterocycles. The lowest BCUT2D eigenvalue weighted by Crippen LogP contribution is -2.57. The molecule has 1 aromatic rings. The molecule has 4 aliphatic carbocycles. The monoisotopic (exact) mass is 536 g/mol. The summed E-state index contributed by atoms with van der Waals surface area (Å²) in [6.07, 6.45) is 9.21. The van der Waals surface area contributed by atoms with E-state index in [-0.39, 0.29) is 23.2 Å². The highest BCUT2D eigenvalue weighted by molar-refractivity contribution is 5.96. The number of carboxylic acids is 1. The van der Waals surface area contributed by atoms with E-state index in [0.29, 0.717) is 29.7 Å². The number of ketones is 1. The average molecular weight is 537 g/mol. The molecule has 5 rings (SSSR count). The second-order valence-corrected chi connectivity index (χ2v) is 12.5. The topological polar surface area (TPSA) is 125 Å². The van der Waals surface area contributed by atoms with Gasteiger partial charge in [-0.05, 0) is 93.1 Å². The first kappa shape index (κ1) is 27.6. The fourth-order valence-corrected chi connectivity index (χ4v) is 8.55. The van der Waals surface area contributed by atoms with Crippen LogP contribution in [0.1, 0.15) is 83.7 Å². The number of nitrogens with zero attached hydrogens (tertiary/aromatic N) is 1. The van der Waals surface area contributed by atoms with E-state index in [2.05, 4.69) is 30.4 Å². The Morgan fingerprint density at radius 1 is 1.05 bits per heavy atom. The number of aliphatic hydroxyl groups is 1. The summed E-state index contributed by atoms with van der Waals surface area (Å²) in [5.74, 6) is -0.380. The number of benzene rings is 1. The highest BCUT2D eigenvalue weighted by atomic mass is 16.6. The number of carboxylic acid groups (broad SMARTS) is 1. The van der Waals surface area contributed by atoms with Crippen molar-refractivity contribution in [3.05, 3.63) is 47.5 Å². The molecule has 4 aliphatic rings. The Morgan fingerprint density at radius 3 is 2.46 bits per heavy atom. The summed E-state index contributed by atoms with van der Waals surface area (Å²) in [5.41, 5.74) is 1.19. The standard InChI is InChI=1S/C31H40N2O6/c1-19(34)31(38)16-13-25-23-10-9-21-17-22(11-14-29(21,2)24(23)12-15-30(25,31)3)33-39-18-26(35)32-27(28(36)37)20-7-5-4-6-8-20/h4-8,17,23-25,27,38H,9-16,18H2,1-3H3,(H,32,35)(H,36,37)/t23?,24?,25?,27?,29-,30-,31+/m1/s1. The molecule has 3 fully saturated rings. The molecule has 3 saturated carbocycles. The molecule has 8 heteroatoms. The van der Waals surface area contributed by atoms with Crippen LogP contribution in [0, 0.1) is 28.6 Å². The molecule has 0 aliphatic heterocycles. The van der Waals surface area contributed by atoms with Gasteiger partial charge < -0.3 is 20.4 Å². The maximum absolute atomic E-state index is 12.5. The molecule has 39 heavy (non-hydrogen) atoms. The van der Waals surface area contributed by atoms with Crippen molar-refractivity contribution in [3.8, 4) is 0 Å². The zero-order valence-electron chi connectivity index (χ0n) is 23.1. The lowest BCUT2D eigenvalue weighted by atomic mass is 9.46. The van der Waals surface area contributed by atoms with Gasteiger partial charge in [-0.25, -0.2) is 4.79 Å². The summed E-state index contributed by atoms with van der Waals surface area (Å²) in [6.45, 7) is 5.70. The molecule has 3 N–H and O–H groups in total. The Balaban J connectivity index is 1.23. The largest absolute Gasteiger partial charge is 0.479 e. The van der Waals surface area contributed by atoms with Crippen molar-refractivity contribution in [2.75, 3.05) is 6.61 Å². The molecule has 4 unspecified atom stereocenters. The number of nitrogens with one attached hydrogen (secondary N) is 1. The Labute approximate surface area is 229 Å². The van der Waals surface area contributed by atoms with Crippen LogP contribution in [-0.2, 0) is 19.2 Å². The number of rotatable bonds is 7. The number of hydrogen-bond donors (Lipinski definition) is 3. The van der Waals surface area contributed by atoms with Crippen LogP contribution >= 0.6 is 0 Å². The van der Waals surface area contributed by atoms with Crippen molar-refractivity contribution < 1.29 is 29.4 Å². The van der Waals surface area contributed by atoms with Crippen molar-refractivity contribution in [1.82, 2.24) is 5.32 Å². The molecule has 1 amide bonds. The van der Waals surface area contributed by atoms with Crippen LogP contribution < -0.4 is 5.32 Å². The fourth-order valence-electron chi connectivity index (χ4n) is 8.55. The second-order valence-electron chi connectivity index (χ2n) is 12.5. The van der Waals surface area contributed by atoms with E-state index in [1.54, 1.807) is 37.3 Å². The van der Waals surface area contributed by atoms with Crippen LogP contribution in [-0.4, -0.2) is 45.8 Å². The summed E-state index contributed by atoms with van der Waals surface area (Å²) in [4.78, 5) is 41.9. The predicted molar refractivity (Wildman–Crippen MR) is 146 cm³/mol. The number of oxime groups is 1. The summed E-state index contributed by atoms with van der Waals surface area (Å²) < 4.78 is 0. The second kappa shape index (κ2) is 10.2. The molecule has 1 aromatic carbocycles. The molecule has 210 valence electrons. The molecule has 0 saturated heterocycles. The van der Waals surface area contributed by atoms with Gasteiger partial charge in [-0.15, -0.1) is 0 Å². The third-order valence-electron chi connectivity index (χ3n) is 10.8. The summed E-state index contributed by atoms with van der Waals surface area (Å²) in [7, 11) is 0. The summed E-state index contributed by atoms with van der Waals surface area (Å²) in [6, 6.07) is 7.40. The Bertz CT molecular complexity index is 1210. The Hall–Kier alpha value is -3.00. The number of fused-ring (bicyclic) bond motifs is 5. The first-order valence-corrected chi connectivity index (χ1v) is 14.2. The van der Waals surface area contributed by atoms with Gasteiger partial charge in [-0.3, -0.25) is 9.59 Å². The highest BCUT2D eigenvalue weighted by Crippen LogP contribution is 2.67. The van der Waals surface area contributed by atoms with Gasteiger partial charge in [0, 0.05) is 5.41 Å². The summed E-state index contributed by atoms with van der Waals surface area (Å²) >= 11 is 0. The minimum Gasteiger partial charge on any atom is -0.479 e. The number of aliphatic carboxylic acids is 1. The number of carbonyl (C=O) groups excluding carboxylic acids is 2. The van der Waals surface area contributed by atoms with Gasteiger partial charge in [0.25, 0.3) is 5.91 Å². The fraction of sp³-hybridized carbons (Fsp3) is 0.613. The summed E-state index contributed by atoms with van der Waals surface area (Å²) in [5, 5.41) is 27.6. The zero-order chi connectivity index (χ0) is 28.0. The third-order valence-corrected chi connectivity index (χ3v) is 10.8. The quantitative estimate of drug-likeness (QED) is 0.438. The van der Waals surface area contributed by atoms with Crippen LogP contribution in [0.3, 0.4) is 0 Å². The van der Waals surface area contributed by atoms with E-state index in [9.17, 15) is 24.6 Å². The van der Waals surface area contributed by atoms with Gasteiger partial charge in [0.05, 0.1) is 5.71 Å². The maximum Gasteiger partial charge on any atom is 0.330 e. The van der Waals surface area contributed by atoms with Crippen molar-refractivity contribution in [2.24, 2.45) is 33.7 Å². The minimum atomic E-state index is -1.19. The minimum absolute atomic E-state index is 0.0575. The van der Waals surface area contributed by atoms with Crippen LogP contribution in [0.15, 0.2) is 47.1 Å². The lowest BCUT2D eigenvalue weighted by Gasteiger charge is -2.59. The highest BCUT2D eigenvalue weighted by Gasteiger charge is 2.65. The molecule has 7 atom stereocenters. The predicted octanol–water partition coefficient (Wildman–Crippen LogP) is 4.58. The van der Waals surface area contributed by atoms with Crippen LogP contribution in [0.5, 0.6) is 0 Å². The molecule has 8 nitrogen and oxygen atoms in total. The molecular weight excluding hydrogens is 496 g/mol. The van der Waals surface area contributed by atoms with Gasteiger partial charge in [-0.2, -0.15) is 0 Å². The van der Waals surface area contributed by atoms with Gasteiger partial charge in [0.2, 0.25) is 0 Å². The normalized spacial score (nSPS) is 37.1. The number of Topliss-reactive ketones (excluding diaryl/α,β-unsaturated/α-hetero) is 1. The Kier molecular flexibility index (Phi) is 7.20. The first-order chi connectivity index (χ1) is 18.5. The van der Waals surface area contributed by atoms with Crippen molar-refractivity contribution in [3.63, 3.8) is 0 Å². The zero-order valence-corrected chi connectivity index (χ0v) is 23.1. The van der Waals surface area contributed by atoms with Gasteiger partial charge in [0.15, 0.2) is 18.4 Å². The molecule has 0 radical (unpaired) electrons. The molecular formula is C31H40N2O6. The SMILES string of the molecule is CC(=O)[C@@]1(O)CCC2C3CCC4=CC(=NOCC(=O)NC(C(=O)O)c5ccccc5)CC[C@@]4(C)C3CC[C@]21C. The molecule has 0 spiro atoms. The van der Waals surface area contributed by atoms with E-state index in [1.165, 1.54) is 5.57 Å². The number of allylic oxidation sites excluding steroid dienone is 2. The van der Waals surface area contributed by atoms with Gasteiger partial charge in [-0.1, -0.05) is 54.9 Å². The smallest absolute Gasteiger partial charge is 0.330 e. The third kappa shape index (κ3) is 4.60. The van der Waals surface area contributed by atoms with Crippen LogP contribution in [0.4, 0.5) is 0 Å². The van der Waals surface area contributed by atoms with Crippen LogP contribution in [0.25, 0.3) is 0 Å². The average Bonchev–Trinajstić information content (AvgIpc) is 3.19. The first-order valence-electron chi connectivity index (χ1n) is 14.2. The maximum atomic E-state index is 12.5.